The van der Waals surface area contributed by atoms with Crippen LogP contribution in [0.25, 0.3) is 11.5 Å². The lowest BCUT2D eigenvalue weighted by molar-refractivity contribution is 0.0982. The maximum Gasteiger partial charge on any atom is 0.230 e. The average Bonchev–Trinajstić information content (AvgIpc) is 3.04. The van der Waals surface area contributed by atoms with E-state index in [9.17, 15) is 9.90 Å². The molecule has 0 fully saturated rings. The van der Waals surface area contributed by atoms with Crippen molar-refractivity contribution in [3.8, 4) is 17.2 Å². The van der Waals surface area contributed by atoms with E-state index in [1.54, 1.807) is 12.1 Å². The largest absolute Gasteiger partial charge is 0.507 e. The van der Waals surface area contributed by atoms with Crippen molar-refractivity contribution in [1.29, 1.82) is 0 Å². The summed E-state index contributed by atoms with van der Waals surface area (Å²) in [6, 6.07) is 12.4. The van der Waals surface area contributed by atoms with Gasteiger partial charge in [0.2, 0.25) is 5.89 Å². The minimum Gasteiger partial charge on any atom is -0.507 e. The molecule has 0 unspecified atom stereocenters. The summed E-state index contributed by atoms with van der Waals surface area (Å²) in [6.45, 7) is 5.99. The number of aromatic nitrogens is 1. The van der Waals surface area contributed by atoms with E-state index < -0.39 is 0 Å². The number of Topliss-reactive ketones (excluding diaryl/α,β-unsaturated/α-hetero) is 1. The highest BCUT2D eigenvalue weighted by Gasteiger charge is 2.20. The normalized spacial score (nSPS) is 11.1. The highest BCUT2D eigenvalue weighted by Crippen LogP contribution is 2.34. The standard InChI is InChI=1S/C22H22ClNO3/c1-13(2)21-18(9-10-19(25)15-6-4-5-14(3)11-15)24-22(27-21)17-8-7-16(23)12-20(17)26/h4-8,11-13,26H,9-10H2,1-3H3. The zero-order chi connectivity index (χ0) is 19.6. The molecule has 0 aliphatic carbocycles. The van der Waals surface area contributed by atoms with Gasteiger partial charge in [0.05, 0.1) is 11.3 Å². The van der Waals surface area contributed by atoms with Gasteiger partial charge in [0.25, 0.3) is 0 Å². The van der Waals surface area contributed by atoms with Crippen molar-refractivity contribution in [2.24, 2.45) is 0 Å². The number of hydrogen-bond acceptors (Lipinski definition) is 4. The van der Waals surface area contributed by atoms with Crippen molar-refractivity contribution >= 4 is 17.4 Å². The lowest BCUT2D eigenvalue weighted by Gasteiger charge is -2.04. The third kappa shape index (κ3) is 4.40. The zero-order valence-electron chi connectivity index (χ0n) is 15.6. The van der Waals surface area contributed by atoms with Crippen LogP contribution in [0.2, 0.25) is 5.02 Å². The number of halogens is 1. The van der Waals surface area contributed by atoms with Crippen LogP contribution >= 0.6 is 11.6 Å². The highest BCUT2D eigenvalue weighted by molar-refractivity contribution is 6.30. The molecule has 1 N–H and O–H groups in total. The summed E-state index contributed by atoms with van der Waals surface area (Å²) >= 11 is 5.90. The third-order valence-electron chi connectivity index (χ3n) is 4.37. The summed E-state index contributed by atoms with van der Waals surface area (Å²) in [5.41, 5.74) is 3.00. The Morgan fingerprint density at radius 2 is 2.00 bits per heavy atom. The molecule has 1 aromatic heterocycles. The first-order valence-electron chi connectivity index (χ1n) is 8.93. The second kappa shape index (κ2) is 7.97. The SMILES string of the molecule is Cc1cccc(C(=O)CCc2nc(-c3ccc(Cl)cc3O)oc2C(C)C)c1. The minimum absolute atomic E-state index is 0.0152. The van der Waals surface area contributed by atoms with Crippen molar-refractivity contribution in [2.45, 2.75) is 39.5 Å². The van der Waals surface area contributed by atoms with Crippen molar-refractivity contribution in [1.82, 2.24) is 4.98 Å². The van der Waals surface area contributed by atoms with E-state index in [0.717, 1.165) is 17.0 Å². The smallest absolute Gasteiger partial charge is 0.230 e. The molecule has 3 aromatic rings. The van der Waals surface area contributed by atoms with Crippen LogP contribution in [0, 0.1) is 6.92 Å². The number of aromatic hydroxyl groups is 1. The van der Waals surface area contributed by atoms with Crippen molar-refractivity contribution in [3.05, 3.63) is 70.1 Å². The van der Waals surface area contributed by atoms with Crippen molar-refractivity contribution < 1.29 is 14.3 Å². The summed E-state index contributed by atoms with van der Waals surface area (Å²) in [6.07, 6.45) is 0.833. The molecule has 0 aliphatic rings. The molecule has 0 saturated heterocycles. The Kier molecular flexibility index (Phi) is 5.66. The molecule has 140 valence electrons. The van der Waals surface area contributed by atoms with E-state index in [-0.39, 0.29) is 17.5 Å². The van der Waals surface area contributed by atoms with Crippen molar-refractivity contribution in [2.75, 3.05) is 0 Å². The quantitative estimate of drug-likeness (QED) is 0.534. The molecular weight excluding hydrogens is 362 g/mol. The molecule has 1 heterocycles. The molecule has 0 spiro atoms. The monoisotopic (exact) mass is 383 g/mol. The topological polar surface area (TPSA) is 63.3 Å². The van der Waals surface area contributed by atoms with Crippen LogP contribution in [-0.4, -0.2) is 15.9 Å². The number of rotatable bonds is 6. The molecule has 0 aliphatic heterocycles. The summed E-state index contributed by atoms with van der Waals surface area (Å²) in [7, 11) is 0. The average molecular weight is 384 g/mol. The van der Waals surface area contributed by atoms with E-state index in [1.165, 1.54) is 6.07 Å². The Bertz CT molecular complexity index is 975. The number of benzene rings is 2. The fourth-order valence-corrected chi connectivity index (χ4v) is 3.16. The number of phenols is 1. The van der Waals surface area contributed by atoms with Crippen LogP contribution in [0.4, 0.5) is 0 Å². The Labute approximate surface area is 163 Å². The molecule has 4 nitrogen and oxygen atoms in total. The van der Waals surface area contributed by atoms with Gasteiger partial charge < -0.3 is 9.52 Å². The molecule has 0 saturated carbocycles. The van der Waals surface area contributed by atoms with E-state index >= 15 is 0 Å². The van der Waals surface area contributed by atoms with Crippen LogP contribution in [0.3, 0.4) is 0 Å². The fourth-order valence-electron chi connectivity index (χ4n) is 2.99. The predicted octanol–water partition coefficient (Wildman–Crippen LogP) is 5.95. The molecule has 0 amide bonds. The van der Waals surface area contributed by atoms with Crippen LogP contribution < -0.4 is 0 Å². The molecule has 3 rings (SSSR count). The molecule has 0 radical (unpaired) electrons. The second-order valence-corrected chi connectivity index (χ2v) is 7.38. The summed E-state index contributed by atoms with van der Waals surface area (Å²) in [5.74, 6) is 1.28. The van der Waals surface area contributed by atoms with E-state index in [2.05, 4.69) is 4.98 Å². The van der Waals surface area contributed by atoms with Crippen molar-refractivity contribution in [3.63, 3.8) is 0 Å². The van der Waals surface area contributed by atoms with Gasteiger partial charge in [-0.2, -0.15) is 0 Å². The van der Waals surface area contributed by atoms with Gasteiger partial charge in [-0.15, -0.1) is 0 Å². The van der Waals surface area contributed by atoms with Gasteiger partial charge in [0, 0.05) is 29.3 Å². The second-order valence-electron chi connectivity index (χ2n) is 6.94. The van der Waals surface area contributed by atoms with Crippen LogP contribution in [0.5, 0.6) is 5.75 Å². The number of nitrogens with zero attached hydrogens (tertiary/aromatic N) is 1. The molecular formula is C22H22ClNO3. The number of carbonyl (C=O) groups is 1. The Morgan fingerprint density at radius 3 is 2.67 bits per heavy atom. The first kappa shape index (κ1) is 19.2. The van der Waals surface area contributed by atoms with Gasteiger partial charge in [-0.3, -0.25) is 4.79 Å². The zero-order valence-corrected chi connectivity index (χ0v) is 16.4. The Hall–Kier alpha value is -2.59. The molecule has 27 heavy (non-hydrogen) atoms. The van der Waals surface area contributed by atoms with E-state index in [1.807, 2.05) is 45.0 Å². The Morgan fingerprint density at radius 1 is 1.22 bits per heavy atom. The summed E-state index contributed by atoms with van der Waals surface area (Å²) < 4.78 is 5.91. The number of ketones is 1. The highest BCUT2D eigenvalue weighted by atomic mass is 35.5. The molecule has 0 atom stereocenters. The van der Waals surface area contributed by atoms with Gasteiger partial charge in [-0.1, -0.05) is 49.2 Å². The van der Waals surface area contributed by atoms with Gasteiger partial charge >= 0.3 is 0 Å². The fraction of sp³-hybridized carbons (Fsp3) is 0.273. The van der Waals surface area contributed by atoms with Crippen LogP contribution in [-0.2, 0) is 6.42 Å². The number of phenolic OH excluding ortho intramolecular Hbond substituents is 1. The summed E-state index contributed by atoms with van der Waals surface area (Å²) in [4.78, 5) is 17.1. The lowest BCUT2D eigenvalue weighted by atomic mass is 10.0. The summed E-state index contributed by atoms with van der Waals surface area (Å²) in [5, 5.41) is 10.6. The first-order valence-corrected chi connectivity index (χ1v) is 9.31. The molecule has 5 heteroatoms. The van der Waals surface area contributed by atoms with Gasteiger partial charge in [0.15, 0.2) is 5.78 Å². The number of oxazole rings is 1. The number of carbonyl (C=O) groups excluding carboxylic acids is 1. The van der Waals surface area contributed by atoms with E-state index in [0.29, 0.717) is 34.9 Å². The number of hydrogen-bond donors (Lipinski definition) is 1. The van der Waals surface area contributed by atoms with Gasteiger partial charge in [-0.25, -0.2) is 4.98 Å². The number of aryl methyl sites for hydroxylation is 2. The first-order chi connectivity index (χ1) is 12.8. The maximum absolute atomic E-state index is 12.5. The molecule has 0 bridgehead atoms. The lowest BCUT2D eigenvalue weighted by Crippen LogP contribution is -2.03. The van der Waals surface area contributed by atoms with Gasteiger partial charge in [-0.05, 0) is 31.2 Å². The van der Waals surface area contributed by atoms with E-state index in [4.69, 9.17) is 16.0 Å². The minimum atomic E-state index is 0.0152. The Balaban J connectivity index is 1.84. The van der Waals surface area contributed by atoms with Crippen LogP contribution in [0.1, 0.15) is 53.6 Å². The van der Waals surface area contributed by atoms with Gasteiger partial charge in [0.1, 0.15) is 11.5 Å². The van der Waals surface area contributed by atoms with Crippen LogP contribution in [0.15, 0.2) is 46.9 Å². The third-order valence-corrected chi connectivity index (χ3v) is 4.61. The molecule has 2 aromatic carbocycles. The maximum atomic E-state index is 12.5. The predicted molar refractivity (Wildman–Crippen MR) is 107 cm³/mol.